The Kier molecular flexibility index (Phi) is 5.43. The molecule has 0 saturated heterocycles. The summed E-state index contributed by atoms with van der Waals surface area (Å²) in [5, 5.41) is 0. The van der Waals surface area contributed by atoms with Crippen molar-refractivity contribution in [2.75, 3.05) is 26.8 Å². The van der Waals surface area contributed by atoms with E-state index in [1.165, 1.54) is 11.1 Å². The summed E-state index contributed by atoms with van der Waals surface area (Å²) >= 11 is 3.54. The number of esters is 1. The van der Waals surface area contributed by atoms with Gasteiger partial charge in [0.2, 0.25) is 0 Å². The molecule has 0 atom stereocenters. The summed E-state index contributed by atoms with van der Waals surface area (Å²) in [4.78, 5) is 13.5. The van der Waals surface area contributed by atoms with E-state index in [1.54, 1.807) is 0 Å². The molecule has 0 saturated carbocycles. The Morgan fingerprint density at radius 3 is 3.05 bits per heavy atom. The molecule has 0 radical (unpaired) electrons. The van der Waals surface area contributed by atoms with Crippen molar-refractivity contribution in [3.05, 3.63) is 27.7 Å². The number of fused-ring (bicyclic) bond motifs is 1. The topological polar surface area (TPSA) is 38.8 Å². The number of halogens is 1. The number of benzene rings is 1. The van der Waals surface area contributed by atoms with Gasteiger partial charge >= 0.3 is 5.97 Å². The number of carbonyl (C=O) groups excluding carboxylic acids is 1. The molecule has 0 amide bonds. The third kappa shape index (κ3) is 3.96. The Morgan fingerprint density at radius 2 is 2.30 bits per heavy atom. The third-order valence-corrected chi connectivity index (χ3v) is 3.73. The van der Waals surface area contributed by atoms with Gasteiger partial charge in [-0.3, -0.25) is 4.79 Å². The largest absolute Gasteiger partial charge is 0.493 e. The number of ether oxygens (including phenoxy) is 2. The van der Waals surface area contributed by atoms with E-state index in [-0.39, 0.29) is 5.97 Å². The molecule has 5 heteroatoms. The van der Waals surface area contributed by atoms with Crippen LogP contribution in [0.2, 0.25) is 0 Å². The molecule has 0 bridgehead atoms. The van der Waals surface area contributed by atoms with Crippen LogP contribution in [-0.2, 0) is 22.5 Å². The Hall–Kier alpha value is -1.07. The van der Waals surface area contributed by atoms with Crippen LogP contribution < -0.4 is 4.74 Å². The summed E-state index contributed by atoms with van der Waals surface area (Å²) in [5.41, 5.74) is 2.42. The molecule has 0 fully saturated rings. The summed E-state index contributed by atoms with van der Waals surface area (Å²) in [5.74, 6) is 0.867. The second-order valence-corrected chi connectivity index (χ2v) is 5.86. The van der Waals surface area contributed by atoms with E-state index in [4.69, 9.17) is 9.47 Å². The molecule has 1 aromatic rings. The molecule has 2 rings (SSSR count). The first-order chi connectivity index (χ1) is 9.60. The molecular formula is C15H20BrNO3. The highest BCUT2D eigenvalue weighted by Crippen LogP contribution is 2.33. The molecule has 4 nitrogen and oxygen atoms in total. The predicted octanol–water partition coefficient (Wildman–Crippen LogP) is 2.77. The van der Waals surface area contributed by atoms with E-state index in [1.807, 2.05) is 14.0 Å². The van der Waals surface area contributed by atoms with Gasteiger partial charge in [-0.2, -0.15) is 0 Å². The van der Waals surface area contributed by atoms with Gasteiger partial charge in [-0.25, -0.2) is 0 Å². The van der Waals surface area contributed by atoms with Crippen LogP contribution in [0.4, 0.5) is 0 Å². The van der Waals surface area contributed by atoms with E-state index in [0.29, 0.717) is 19.6 Å². The van der Waals surface area contributed by atoms with E-state index in [0.717, 1.165) is 29.8 Å². The minimum absolute atomic E-state index is 0.143. The van der Waals surface area contributed by atoms with Crippen LogP contribution in [0, 0.1) is 0 Å². The predicted molar refractivity (Wildman–Crippen MR) is 80.9 cm³/mol. The van der Waals surface area contributed by atoms with Gasteiger partial charge in [0.15, 0.2) is 0 Å². The Balaban J connectivity index is 1.95. The van der Waals surface area contributed by atoms with E-state index >= 15 is 0 Å². The van der Waals surface area contributed by atoms with Crippen LogP contribution in [0.1, 0.15) is 24.5 Å². The van der Waals surface area contributed by atoms with Crippen molar-refractivity contribution in [2.45, 2.75) is 26.3 Å². The zero-order chi connectivity index (χ0) is 14.5. The number of rotatable bonds is 6. The van der Waals surface area contributed by atoms with Crippen LogP contribution in [-0.4, -0.2) is 37.7 Å². The zero-order valence-electron chi connectivity index (χ0n) is 11.9. The van der Waals surface area contributed by atoms with Crippen molar-refractivity contribution < 1.29 is 14.3 Å². The van der Waals surface area contributed by atoms with Crippen molar-refractivity contribution in [1.82, 2.24) is 4.90 Å². The second kappa shape index (κ2) is 7.09. The number of nitrogens with zero attached hydrogens (tertiary/aromatic N) is 1. The average Bonchev–Trinajstić information content (AvgIpc) is 2.85. The maximum atomic E-state index is 11.4. The first-order valence-electron chi connectivity index (χ1n) is 6.88. The molecule has 0 unspecified atom stereocenters. The molecule has 1 aromatic carbocycles. The van der Waals surface area contributed by atoms with Gasteiger partial charge in [0, 0.05) is 29.5 Å². The fourth-order valence-electron chi connectivity index (χ4n) is 2.35. The van der Waals surface area contributed by atoms with E-state index in [2.05, 4.69) is 33.0 Å². The smallest absolute Gasteiger partial charge is 0.307 e. The van der Waals surface area contributed by atoms with Gasteiger partial charge in [0.1, 0.15) is 5.75 Å². The first-order valence-corrected chi connectivity index (χ1v) is 7.67. The molecule has 1 aliphatic rings. The maximum Gasteiger partial charge on any atom is 0.307 e. The normalized spacial score (nSPS) is 13.2. The Labute approximate surface area is 128 Å². The molecule has 0 aromatic heterocycles. The molecule has 110 valence electrons. The Bertz CT molecular complexity index is 490. The number of hydrogen-bond donors (Lipinski definition) is 0. The van der Waals surface area contributed by atoms with Crippen LogP contribution >= 0.6 is 15.9 Å². The van der Waals surface area contributed by atoms with E-state index < -0.39 is 0 Å². The zero-order valence-corrected chi connectivity index (χ0v) is 13.5. The minimum Gasteiger partial charge on any atom is -0.493 e. The SMILES string of the molecule is CCOC(=O)CCN(C)Cc1cc(Br)cc2c1OCC2. The Morgan fingerprint density at radius 1 is 1.50 bits per heavy atom. The fraction of sp³-hybridized carbons (Fsp3) is 0.533. The summed E-state index contributed by atoms with van der Waals surface area (Å²) in [6.45, 7) is 4.46. The summed E-state index contributed by atoms with van der Waals surface area (Å²) < 4.78 is 11.7. The highest BCUT2D eigenvalue weighted by Gasteiger charge is 2.18. The van der Waals surface area contributed by atoms with Gasteiger partial charge in [-0.1, -0.05) is 15.9 Å². The van der Waals surface area contributed by atoms with Gasteiger partial charge < -0.3 is 14.4 Å². The molecule has 0 aliphatic carbocycles. The third-order valence-electron chi connectivity index (χ3n) is 3.27. The lowest BCUT2D eigenvalue weighted by Gasteiger charge is -2.18. The summed E-state index contributed by atoms with van der Waals surface area (Å²) in [7, 11) is 2.00. The van der Waals surface area contributed by atoms with Gasteiger partial charge in [-0.15, -0.1) is 0 Å². The van der Waals surface area contributed by atoms with Gasteiger partial charge in [0.05, 0.1) is 19.6 Å². The lowest BCUT2D eigenvalue weighted by Crippen LogP contribution is -2.22. The van der Waals surface area contributed by atoms with Crippen molar-refractivity contribution in [2.24, 2.45) is 0 Å². The molecular weight excluding hydrogens is 322 g/mol. The van der Waals surface area contributed by atoms with Gasteiger partial charge in [-0.05, 0) is 31.7 Å². The van der Waals surface area contributed by atoms with Crippen LogP contribution in [0.5, 0.6) is 5.75 Å². The van der Waals surface area contributed by atoms with Crippen molar-refractivity contribution in [1.29, 1.82) is 0 Å². The van der Waals surface area contributed by atoms with Crippen molar-refractivity contribution in [3.63, 3.8) is 0 Å². The standard InChI is InChI=1S/C15H20BrNO3/c1-3-19-14(18)4-6-17(2)10-12-9-13(16)8-11-5-7-20-15(11)12/h8-9H,3-7,10H2,1-2H3. The molecule has 20 heavy (non-hydrogen) atoms. The quantitative estimate of drug-likeness (QED) is 0.746. The van der Waals surface area contributed by atoms with Crippen molar-refractivity contribution >= 4 is 21.9 Å². The van der Waals surface area contributed by atoms with Crippen LogP contribution in [0.25, 0.3) is 0 Å². The minimum atomic E-state index is -0.143. The lowest BCUT2D eigenvalue weighted by molar-refractivity contribution is -0.143. The summed E-state index contributed by atoms with van der Waals surface area (Å²) in [6.07, 6.45) is 1.38. The van der Waals surface area contributed by atoms with Crippen molar-refractivity contribution in [3.8, 4) is 5.75 Å². The first kappa shape index (κ1) is 15.3. The molecule has 1 heterocycles. The average molecular weight is 342 g/mol. The monoisotopic (exact) mass is 341 g/mol. The van der Waals surface area contributed by atoms with Crippen LogP contribution in [0.3, 0.4) is 0 Å². The number of carbonyl (C=O) groups is 1. The van der Waals surface area contributed by atoms with Crippen LogP contribution in [0.15, 0.2) is 16.6 Å². The maximum absolute atomic E-state index is 11.4. The molecule has 0 N–H and O–H groups in total. The fourth-order valence-corrected chi connectivity index (χ4v) is 2.90. The molecule has 1 aliphatic heterocycles. The second-order valence-electron chi connectivity index (χ2n) is 4.94. The number of hydrogen-bond acceptors (Lipinski definition) is 4. The highest BCUT2D eigenvalue weighted by molar-refractivity contribution is 9.10. The lowest BCUT2D eigenvalue weighted by atomic mass is 10.1. The highest BCUT2D eigenvalue weighted by atomic mass is 79.9. The van der Waals surface area contributed by atoms with Gasteiger partial charge in [0.25, 0.3) is 0 Å². The van der Waals surface area contributed by atoms with E-state index in [9.17, 15) is 4.79 Å². The molecule has 0 spiro atoms. The summed E-state index contributed by atoms with van der Waals surface area (Å²) in [6, 6.07) is 4.20.